The van der Waals surface area contributed by atoms with Gasteiger partial charge < -0.3 is 14.8 Å². The Morgan fingerprint density at radius 1 is 1.24 bits per heavy atom. The minimum Gasteiger partial charge on any atom is -0.497 e. The number of hydrogen-bond donors (Lipinski definition) is 1. The molecule has 8 heteroatoms. The summed E-state index contributed by atoms with van der Waals surface area (Å²) in [6.45, 7) is 0.600. The van der Waals surface area contributed by atoms with Crippen LogP contribution in [0, 0.1) is 0 Å². The number of aromatic nitrogens is 2. The molecule has 1 N–H and O–H groups in total. The molecule has 0 saturated carbocycles. The van der Waals surface area contributed by atoms with E-state index in [1.807, 2.05) is 0 Å². The molecule has 0 atom stereocenters. The zero-order valence-electron chi connectivity index (χ0n) is 13.6. The lowest BCUT2D eigenvalue weighted by Crippen LogP contribution is -2.34. The highest BCUT2D eigenvalue weighted by Gasteiger charge is 2.08. The molecule has 0 aliphatic rings. The maximum absolute atomic E-state index is 12.2. The van der Waals surface area contributed by atoms with Gasteiger partial charge in [0.05, 0.1) is 25.4 Å². The van der Waals surface area contributed by atoms with E-state index in [1.165, 1.54) is 22.2 Å². The average molecular weight is 359 g/mol. The molecule has 130 valence electrons. The Bertz CT molecular complexity index is 918. The first-order chi connectivity index (χ1) is 12.2. The fourth-order valence-corrected chi connectivity index (χ4v) is 2.97. The fraction of sp³-hybridized carbons (Fsp3) is 0.235. The quantitative estimate of drug-likeness (QED) is 0.649. The summed E-state index contributed by atoms with van der Waals surface area (Å²) >= 11 is 1.40. The molecule has 0 unspecified atom stereocenters. The second-order valence-corrected chi connectivity index (χ2v) is 6.09. The molecule has 2 heterocycles. The van der Waals surface area contributed by atoms with Gasteiger partial charge in [0.15, 0.2) is 0 Å². The van der Waals surface area contributed by atoms with E-state index in [2.05, 4.69) is 10.3 Å². The minimum atomic E-state index is -0.267. The Hall–Kier alpha value is -2.87. The molecule has 0 aliphatic heterocycles. The van der Waals surface area contributed by atoms with E-state index in [0.29, 0.717) is 29.1 Å². The van der Waals surface area contributed by atoms with Gasteiger partial charge in [-0.3, -0.25) is 14.2 Å². The Labute approximate surface area is 147 Å². The molecule has 0 saturated heterocycles. The van der Waals surface area contributed by atoms with E-state index in [9.17, 15) is 9.59 Å². The number of thiophene rings is 1. The molecular weight excluding hydrogens is 342 g/mol. The third kappa shape index (κ3) is 4.16. The number of ether oxygens (including phenoxy) is 2. The second kappa shape index (κ2) is 7.80. The number of hydrogen-bond acceptors (Lipinski definition) is 6. The summed E-state index contributed by atoms with van der Waals surface area (Å²) in [6, 6.07) is 8.90. The number of amides is 1. The number of fused-ring (bicyclic) bond motifs is 1. The van der Waals surface area contributed by atoms with Crippen molar-refractivity contribution in [1.29, 1.82) is 0 Å². The monoisotopic (exact) mass is 359 g/mol. The van der Waals surface area contributed by atoms with Gasteiger partial charge in [-0.05, 0) is 35.7 Å². The summed E-state index contributed by atoms with van der Waals surface area (Å²) in [6.07, 6.45) is 1.40. The van der Waals surface area contributed by atoms with E-state index < -0.39 is 0 Å². The minimum absolute atomic E-state index is 0.0693. The number of carbonyl (C=O) groups excluding carboxylic acids is 1. The van der Waals surface area contributed by atoms with E-state index >= 15 is 0 Å². The van der Waals surface area contributed by atoms with Crippen molar-refractivity contribution in [1.82, 2.24) is 14.9 Å². The van der Waals surface area contributed by atoms with Gasteiger partial charge in [-0.2, -0.15) is 0 Å². The number of carbonyl (C=O) groups is 1. The van der Waals surface area contributed by atoms with Gasteiger partial charge in [-0.1, -0.05) is 0 Å². The molecule has 1 amide bonds. The van der Waals surface area contributed by atoms with Crippen molar-refractivity contribution in [2.75, 3.05) is 20.3 Å². The molecule has 0 radical (unpaired) electrons. The molecule has 0 spiro atoms. The number of rotatable bonds is 7. The summed E-state index contributed by atoms with van der Waals surface area (Å²) in [5.74, 6) is 1.18. The highest BCUT2D eigenvalue weighted by atomic mass is 32.1. The van der Waals surface area contributed by atoms with Gasteiger partial charge >= 0.3 is 0 Å². The highest BCUT2D eigenvalue weighted by molar-refractivity contribution is 7.16. The van der Waals surface area contributed by atoms with Crippen molar-refractivity contribution in [3.63, 3.8) is 0 Å². The molecule has 3 rings (SSSR count). The number of nitrogens with one attached hydrogen (secondary N) is 1. The van der Waals surface area contributed by atoms with Gasteiger partial charge in [0.2, 0.25) is 5.91 Å². The molecule has 0 fully saturated rings. The summed E-state index contributed by atoms with van der Waals surface area (Å²) in [5, 5.41) is 5.06. The number of nitrogens with zero attached hydrogens (tertiary/aromatic N) is 2. The van der Waals surface area contributed by atoms with E-state index in [1.54, 1.807) is 42.8 Å². The Kier molecular flexibility index (Phi) is 5.30. The van der Waals surface area contributed by atoms with Crippen molar-refractivity contribution >= 4 is 27.5 Å². The van der Waals surface area contributed by atoms with E-state index in [4.69, 9.17) is 9.47 Å². The maximum atomic E-state index is 12.2. The van der Waals surface area contributed by atoms with Gasteiger partial charge in [-0.25, -0.2) is 4.98 Å². The standard InChI is InChI=1S/C17H17N3O4S/c1-23-12-2-4-13(5-3-12)24-8-7-18-15(21)10-20-11-19-16-14(17(20)22)6-9-25-16/h2-6,9,11H,7-8,10H2,1H3,(H,18,21). The fourth-order valence-electron chi connectivity index (χ4n) is 2.25. The van der Waals surface area contributed by atoms with Gasteiger partial charge in [0, 0.05) is 0 Å². The maximum Gasteiger partial charge on any atom is 0.262 e. The van der Waals surface area contributed by atoms with Gasteiger partial charge in [0.25, 0.3) is 5.56 Å². The second-order valence-electron chi connectivity index (χ2n) is 5.19. The third-order valence-electron chi connectivity index (χ3n) is 3.52. The number of methoxy groups -OCH3 is 1. The molecule has 0 aliphatic carbocycles. The lowest BCUT2D eigenvalue weighted by atomic mass is 10.3. The van der Waals surface area contributed by atoms with E-state index in [0.717, 1.165) is 5.75 Å². The zero-order chi connectivity index (χ0) is 17.6. The average Bonchev–Trinajstić information content (AvgIpc) is 3.11. The van der Waals surface area contributed by atoms with Crippen LogP contribution in [0.1, 0.15) is 0 Å². The number of benzene rings is 1. The molecular formula is C17H17N3O4S. The first-order valence-electron chi connectivity index (χ1n) is 7.63. The normalized spacial score (nSPS) is 10.6. The van der Waals surface area contributed by atoms with Crippen LogP contribution in [0.15, 0.2) is 46.8 Å². The van der Waals surface area contributed by atoms with Crippen molar-refractivity contribution in [2.45, 2.75) is 6.54 Å². The molecule has 25 heavy (non-hydrogen) atoms. The SMILES string of the molecule is COc1ccc(OCCNC(=O)Cn2cnc3sccc3c2=O)cc1. The van der Waals surface area contributed by atoms with Crippen LogP contribution in [0.25, 0.3) is 10.2 Å². The van der Waals surface area contributed by atoms with Crippen LogP contribution in [0.2, 0.25) is 0 Å². The van der Waals surface area contributed by atoms with Gasteiger partial charge in [0.1, 0.15) is 29.5 Å². The third-order valence-corrected chi connectivity index (χ3v) is 4.34. The summed E-state index contributed by atoms with van der Waals surface area (Å²) in [7, 11) is 1.60. The predicted molar refractivity (Wildman–Crippen MR) is 95.4 cm³/mol. The topological polar surface area (TPSA) is 82.4 Å². The lowest BCUT2D eigenvalue weighted by Gasteiger charge is -2.09. The molecule has 3 aromatic rings. The van der Waals surface area contributed by atoms with Crippen LogP contribution in [0.3, 0.4) is 0 Å². The Morgan fingerprint density at radius 3 is 2.76 bits per heavy atom. The molecule has 7 nitrogen and oxygen atoms in total. The van der Waals surface area contributed by atoms with Crippen LogP contribution < -0.4 is 20.3 Å². The molecule has 0 bridgehead atoms. The molecule has 1 aromatic carbocycles. The Balaban J connectivity index is 1.47. The van der Waals surface area contributed by atoms with Crippen LogP contribution in [-0.2, 0) is 11.3 Å². The smallest absolute Gasteiger partial charge is 0.262 e. The van der Waals surface area contributed by atoms with E-state index in [-0.39, 0.29) is 18.0 Å². The van der Waals surface area contributed by atoms with Crippen molar-refractivity contribution < 1.29 is 14.3 Å². The van der Waals surface area contributed by atoms with Crippen molar-refractivity contribution in [2.24, 2.45) is 0 Å². The zero-order valence-corrected chi connectivity index (χ0v) is 14.4. The summed E-state index contributed by atoms with van der Waals surface area (Å²) < 4.78 is 11.9. The summed E-state index contributed by atoms with van der Waals surface area (Å²) in [5.41, 5.74) is -0.212. The summed E-state index contributed by atoms with van der Waals surface area (Å²) in [4.78, 5) is 29.0. The van der Waals surface area contributed by atoms with Crippen LogP contribution in [-0.4, -0.2) is 35.7 Å². The van der Waals surface area contributed by atoms with Crippen molar-refractivity contribution in [3.05, 3.63) is 52.4 Å². The lowest BCUT2D eigenvalue weighted by molar-refractivity contribution is -0.121. The highest BCUT2D eigenvalue weighted by Crippen LogP contribution is 2.16. The molecule has 2 aromatic heterocycles. The van der Waals surface area contributed by atoms with Crippen LogP contribution in [0.4, 0.5) is 0 Å². The predicted octanol–water partition coefficient (Wildman–Crippen LogP) is 1.66. The first-order valence-corrected chi connectivity index (χ1v) is 8.51. The largest absolute Gasteiger partial charge is 0.497 e. The van der Waals surface area contributed by atoms with Crippen LogP contribution in [0.5, 0.6) is 11.5 Å². The van der Waals surface area contributed by atoms with Crippen LogP contribution >= 0.6 is 11.3 Å². The van der Waals surface area contributed by atoms with Gasteiger partial charge in [-0.15, -0.1) is 11.3 Å². The first kappa shape index (κ1) is 17.0. The Morgan fingerprint density at radius 2 is 2.00 bits per heavy atom. The van der Waals surface area contributed by atoms with Crippen molar-refractivity contribution in [3.8, 4) is 11.5 Å².